The summed E-state index contributed by atoms with van der Waals surface area (Å²) in [5.41, 5.74) is 0.349. The van der Waals surface area contributed by atoms with Crippen LogP contribution in [0.25, 0.3) is 11.0 Å². The third kappa shape index (κ3) is 3.19. The van der Waals surface area contributed by atoms with Crippen molar-refractivity contribution in [3.05, 3.63) is 29.6 Å². The molecule has 0 spiro atoms. The highest BCUT2D eigenvalue weighted by Crippen LogP contribution is 2.41. The van der Waals surface area contributed by atoms with E-state index in [1.54, 1.807) is 0 Å². The summed E-state index contributed by atoms with van der Waals surface area (Å²) in [5.74, 6) is 1.61. The van der Waals surface area contributed by atoms with Crippen LogP contribution in [0, 0.1) is 5.92 Å². The molecule has 4 rings (SSSR count). The van der Waals surface area contributed by atoms with E-state index in [1.165, 1.54) is 6.07 Å². The van der Waals surface area contributed by atoms with Crippen molar-refractivity contribution in [1.82, 2.24) is 14.5 Å². The topological polar surface area (TPSA) is 38.1 Å². The predicted octanol–water partition coefficient (Wildman–Crippen LogP) is 4.54. The molecule has 1 amide bonds. The van der Waals surface area contributed by atoms with E-state index in [1.807, 2.05) is 9.47 Å². The maximum absolute atomic E-state index is 13.0. The molecule has 2 aliphatic rings. The minimum Gasteiger partial charge on any atom is -0.324 e. The van der Waals surface area contributed by atoms with Crippen LogP contribution in [0.5, 0.6) is 0 Å². The number of aromatic nitrogens is 2. The number of hydrogen-bond donors (Lipinski definition) is 0. The maximum atomic E-state index is 13.0. The monoisotopic (exact) mass is 365 g/mol. The molecule has 1 aromatic heterocycles. The van der Waals surface area contributed by atoms with Crippen LogP contribution in [0.3, 0.4) is 0 Å². The van der Waals surface area contributed by atoms with Gasteiger partial charge in [0.1, 0.15) is 5.82 Å². The largest absolute Gasteiger partial charge is 0.416 e. The van der Waals surface area contributed by atoms with Crippen molar-refractivity contribution in [3.63, 3.8) is 0 Å². The summed E-state index contributed by atoms with van der Waals surface area (Å²) < 4.78 is 40.9. The van der Waals surface area contributed by atoms with E-state index in [0.29, 0.717) is 36.0 Å². The van der Waals surface area contributed by atoms with Gasteiger partial charge in [0.15, 0.2) is 0 Å². The minimum absolute atomic E-state index is 0.124. The Hall–Kier alpha value is -2.05. The maximum Gasteiger partial charge on any atom is 0.416 e. The van der Waals surface area contributed by atoms with Gasteiger partial charge in [-0.2, -0.15) is 13.2 Å². The van der Waals surface area contributed by atoms with Gasteiger partial charge in [0.05, 0.1) is 23.3 Å². The lowest BCUT2D eigenvalue weighted by atomic mass is 10.0. The van der Waals surface area contributed by atoms with E-state index in [0.717, 1.165) is 50.2 Å². The van der Waals surface area contributed by atoms with Gasteiger partial charge in [-0.15, -0.1) is 0 Å². The zero-order valence-corrected chi connectivity index (χ0v) is 14.7. The van der Waals surface area contributed by atoms with E-state index in [9.17, 15) is 18.0 Å². The Kier molecular flexibility index (Phi) is 4.20. The lowest BCUT2D eigenvalue weighted by Crippen LogP contribution is -2.28. The Morgan fingerprint density at radius 2 is 2.04 bits per heavy atom. The summed E-state index contributed by atoms with van der Waals surface area (Å²) in [6.07, 6.45) is 0.266. The summed E-state index contributed by atoms with van der Waals surface area (Å²) in [7, 11) is 0. The van der Waals surface area contributed by atoms with Gasteiger partial charge >= 0.3 is 6.18 Å². The van der Waals surface area contributed by atoms with Crippen LogP contribution in [0.1, 0.15) is 56.3 Å². The quantitative estimate of drug-likeness (QED) is 0.780. The number of hydrogen-bond acceptors (Lipinski definition) is 2. The van der Waals surface area contributed by atoms with Crippen LogP contribution in [0.4, 0.5) is 13.2 Å². The number of rotatable bonds is 5. The van der Waals surface area contributed by atoms with Crippen LogP contribution in [-0.2, 0) is 17.6 Å². The number of fused-ring (bicyclic) bond motifs is 1. The fourth-order valence-electron chi connectivity index (χ4n) is 3.89. The molecule has 0 radical (unpaired) electrons. The van der Waals surface area contributed by atoms with Gasteiger partial charge in [0, 0.05) is 18.9 Å². The average molecular weight is 365 g/mol. The Bertz CT molecular complexity index is 838. The van der Waals surface area contributed by atoms with Gasteiger partial charge in [-0.05, 0) is 43.4 Å². The number of imidazole rings is 1. The van der Waals surface area contributed by atoms with Crippen molar-refractivity contribution in [2.75, 3.05) is 6.54 Å². The minimum atomic E-state index is -4.38. The molecule has 1 saturated heterocycles. The molecule has 2 heterocycles. The van der Waals surface area contributed by atoms with Gasteiger partial charge < -0.3 is 9.47 Å². The fraction of sp³-hybridized carbons (Fsp3) is 0.579. The van der Waals surface area contributed by atoms with Crippen LogP contribution in [0.2, 0.25) is 0 Å². The molecule has 2 fully saturated rings. The van der Waals surface area contributed by atoms with Gasteiger partial charge in [-0.1, -0.05) is 13.3 Å². The first-order valence-corrected chi connectivity index (χ1v) is 9.22. The molecular weight excluding hydrogens is 343 g/mol. The highest BCUT2D eigenvalue weighted by atomic mass is 19.4. The third-order valence-electron chi connectivity index (χ3n) is 5.35. The first-order chi connectivity index (χ1) is 12.4. The molecule has 7 heteroatoms. The second-order valence-corrected chi connectivity index (χ2v) is 7.49. The van der Waals surface area contributed by atoms with E-state index >= 15 is 0 Å². The van der Waals surface area contributed by atoms with Crippen LogP contribution in [-0.4, -0.2) is 26.9 Å². The van der Waals surface area contributed by atoms with Gasteiger partial charge in [0.2, 0.25) is 5.91 Å². The number of benzene rings is 1. The Morgan fingerprint density at radius 1 is 1.27 bits per heavy atom. The summed E-state index contributed by atoms with van der Waals surface area (Å²) in [6, 6.07) is 3.70. The number of likely N-dealkylation sites (tertiary alicyclic amines) is 1. The van der Waals surface area contributed by atoms with Gasteiger partial charge in [0.25, 0.3) is 0 Å². The second kappa shape index (κ2) is 6.28. The molecule has 1 saturated carbocycles. The van der Waals surface area contributed by atoms with Crippen molar-refractivity contribution in [1.29, 1.82) is 0 Å². The Balaban J connectivity index is 1.67. The van der Waals surface area contributed by atoms with Crippen molar-refractivity contribution < 1.29 is 18.0 Å². The molecule has 2 aromatic rings. The highest BCUT2D eigenvalue weighted by Gasteiger charge is 2.35. The van der Waals surface area contributed by atoms with E-state index in [2.05, 4.69) is 11.9 Å². The van der Waals surface area contributed by atoms with E-state index < -0.39 is 11.7 Å². The van der Waals surface area contributed by atoms with Crippen molar-refractivity contribution in [2.24, 2.45) is 5.92 Å². The number of carbonyl (C=O) groups excluding carboxylic acids is 1. The summed E-state index contributed by atoms with van der Waals surface area (Å²) in [5, 5.41) is 0. The van der Waals surface area contributed by atoms with Gasteiger partial charge in [-0.25, -0.2) is 4.98 Å². The first-order valence-electron chi connectivity index (χ1n) is 9.22. The Morgan fingerprint density at radius 3 is 2.69 bits per heavy atom. The summed E-state index contributed by atoms with van der Waals surface area (Å²) >= 11 is 0. The molecule has 1 aliphatic carbocycles. The highest BCUT2D eigenvalue weighted by molar-refractivity contribution is 5.80. The van der Waals surface area contributed by atoms with Crippen LogP contribution >= 0.6 is 0 Å². The van der Waals surface area contributed by atoms with Gasteiger partial charge in [-0.3, -0.25) is 4.79 Å². The molecular formula is C19H22F3N3O. The van der Waals surface area contributed by atoms with Crippen LogP contribution in [0.15, 0.2) is 18.2 Å². The first kappa shape index (κ1) is 17.4. The second-order valence-electron chi connectivity index (χ2n) is 7.49. The number of amides is 1. The molecule has 1 aromatic carbocycles. The Labute approximate surface area is 150 Å². The fourth-order valence-corrected chi connectivity index (χ4v) is 3.89. The van der Waals surface area contributed by atoms with E-state index in [4.69, 9.17) is 0 Å². The zero-order valence-electron chi connectivity index (χ0n) is 14.7. The smallest absolute Gasteiger partial charge is 0.324 e. The average Bonchev–Trinajstić information content (AvgIpc) is 3.28. The number of halogens is 3. The standard InChI is InChI=1S/C19H22F3N3O/c1-2-3-12-8-17(26)24(10-12)11-25-16-7-6-14(19(20,21)22)9-15(16)23-18(25)13-4-5-13/h6-7,9,12-13H,2-5,8,10-11H2,1H3. The molecule has 140 valence electrons. The van der Waals surface area contributed by atoms with Crippen molar-refractivity contribution in [2.45, 2.75) is 57.8 Å². The molecule has 1 aliphatic heterocycles. The molecule has 1 atom stereocenters. The lowest BCUT2D eigenvalue weighted by molar-refractivity contribution is -0.137. The molecule has 26 heavy (non-hydrogen) atoms. The predicted molar refractivity (Wildman–Crippen MR) is 91.4 cm³/mol. The molecule has 1 unspecified atom stereocenters. The van der Waals surface area contributed by atoms with Crippen LogP contribution < -0.4 is 0 Å². The normalized spacial score (nSPS) is 21.2. The van der Waals surface area contributed by atoms with Crippen molar-refractivity contribution >= 4 is 16.9 Å². The molecule has 4 nitrogen and oxygen atoms in total. The molecule has 0 bridgehead atoms. The number of alkyl halides is 3. The SMILES string of the molecule is CCCC1CC(=O)N(Cn2c(C3CC3)nc3cc(C(F)(F)F)ccc32)C1. The third-order valence-corrected chi connectivity index (χ3v) is 5.35. The molecule has 0 N–H and O–H groups in total. The van der Waals surface area contributed by atoms with Crippen molar-refractivity contribution in [3.8, 4) is 0 Å². The zero-order chi connectivity index (χ0) is 18.5. The number of carbonyl (C=O) groups is 1. The summed E-state index contributed by atoms with van der Waals surface area (Å²) in [4.78, 5) is 18.7. The summed E-state index contributed by atoms with van der Waals surface area (Å²) in [6.45, 7) is 3.21. The van der Waals surface area contributed by atoms with E-state index in [-0.39, 0.29) is 5.91 Å². The lowest BCUT2D eigenvalue weighted by Gasteiger charge is -2.20. The number of nitrogens with zero attached hydrogens (tertiary/aromatic N) is 3.